The maximum atomic E-state index is 6.92. The lowest BCUT2D eigenvalue weighted by Gasteiger charge is -2.57. The fraction of sp³-hybridized carbons (Fsp3) is 0.636. The van der Waals surface area contributed by atoms with Gasteiger partial charge in [0.15, 0.2) is 0 Å². The van der Waals surface area contributed by atoms with Gasteiger partial charge in [0.05, 0.1) is 0 Å². The summed E-state index contributed by atoms with van der Waals surface area (Å²) in [4.78, 5) is 0. The second-order valence-corrected chi connectivity index (χ2v) is 12.4. The fourth-order valence-corrected chi connectivity index (χ4v) is 9.86. The molecule has 4 atom stereocenters. The van der Waals surface area contributed by atoms with E-state index in [9.17, 15) is 0 Å². The molecule has 3 heteroatoms. The number of allylic oxidation sites excluding steroid dienone is 8. The SMILES string of the molecule is CC(C)O[Si](OC(C)C)(C1(C)C=CC=CC1C)C1(C)C=CC=CC1C. The lowest BCUT2D eigenvalue weighted by atomic mass is 9.89. The van der Waals surface area contributed by atoms with E-state index in [0.29, 0.717) is 11.8 Å². The molecular weight excluding hydrogens is 324 g/mol. The van der Waals surface area contributed by atoms with Gasteiger partial charge in [-0.05, 0) is 39.5 Å². The minimum Gasteiger partial charge on any atom is -0.391 e. The molecule has 0 saturated heterocycles. The summed E-state index contributed by atoms with van der Waals surface area (Å²) < 4.78 is 13.8. The molecule has 4 unspecified atom stereocenters. The van der Waals surface area contributed by atoms with E-state index in [4.69, 9.17) is 8.85 Å². The van der Waals surface area contributed by atoms with Crippen LogP contribution in [-0.4, -0.2) is 20.8 Å². The van der Waals surface area contributed by atoms with Gasteiger partial charge in [0.2, 0.25) is 0 Å². The zero-order valence-electron chi connectivity index (χ0n) is 17.2. The first-order valence-corrected chi connectivity index (χ1v) is 11.5. The van der Waals surface area contributed by atoms with Crippen LogP contribution in [0.4, 0.5) is 0 Å². The number of hydrogen-bond donors (Lipinski definition) is 0. The molecule has 0 aromatic rings. The Hall–Kier alpha value is -0.903. The molecule has 0 aromatic heterocycles. The average molecular weight is 361 g/mol. The van der Waals surface area contributed by atoms with Crippen LogP contribution >= 0.6 is 0 Å². The minimum atomic E-state index is -2.77. The maximum absolute atomic E-state index is 6.92. The van der Waals surface area contributed by atoms with Crippen LogP contribution in [0.3, 0.4) is 0 Å². The smallest absolute Gasteiger partial charge is 0.359 e. The second kappa shape index (κ2) is 7.38. The molecule has 2 rings (SSSR count). The Balaban J connectivity index is 2.72. The van der Waals surface area contributed by atoms with Crippen LogP contribution in [-0.2, 0) is 8.85 Å². The first kappa shape index (κ1) is 20.4. The Morgan fingerprint density at radius 2 is 1.08 bits per heavy atom. The summed E-state index contributed by atoms with van der Waals surface area (Å²) in [6, 6.07) is 0. The molecule has 0 aliphatic heterocycles. The van der Waals surface area contributed by atoms with Crippen LogP contribution in [0, 0.1) is 11.8 Å². The molecule has 2 aliphatic carbocycles. The van der Waals surface area contributed by atoms with Crippen molar-refractivity contribution in [2.75, 3.05) is 0 Å². The highest BCUT2D eigenvalue weighted by atomic mass is 28.4. The molecule has 0 fully saturated rings. The van der Waals surface area contributed by atoms with E-state index in [1.165, 1.54) is 0 Å². The first-order chi connectivity index (χ1) is 11.6. The molecule has 0 bridgehead atoms. The first-order valence-electron chi connectivity index (χ1n) is 9.67. The van der Waals surface area contributed by atoms with Gasteiger partial charge in [-0.3, -0.25) is 0 Å². The van der Waals surface area contributed by atoms with Gasteiger partial charge >= 0.3 is 8.56 Å². The Bertz CT molecular complexity index is 535. The predicted octanol–water partition coefficient (Wildman–Crippen LogP) is 6.32. The average Bonchev–Trinajstić information content (AvgIpc) is 2.51. The van der Waals surface area contributed by atoms with E-state index in [1.54, 1.807) is 0 Å². The van der Waals surface area contributed by atoms with Crippen molar-refractivity contribution in [3.05, 3.63) is 48.6 Å². The Kier molecular flexibility index (Phi) is 6.02. The summed E-state index contributed by atoms with van der Waals surface area (Å²) in [5.41, 5.74) is 0. The van der Waals surface area contributed by atoms with Crippen molar-refractivity contribution in [3.8, 4) is 0 Å². The lowest BCUT2D eigenvalue weighted by molar-refractivity contribution is 0.0647. The third-order valence-corrected chi connectivity index (χ3v) is 11.7. The monoisotopic (exact) mass is 360 g/mol. The third kappa shape index (κ3) is 3.39. The molecule has 0 spiro atoms. The highest BCUT2D eigenvalue weighted by molar-refractivity contribution is 6.75. The molecule has 2 aliphatic rings. The van der Waals surface area contributed by atoms with Gasteiger partial charge in [0.25, 0.3) is 0 Å². The summed E-state index contributed by atoms with van der Waals surface area (Å²) in [5.74, 6) is 0.731. The molecule has 2 nitrogen and oxygen atoms in total. The maximum Gasteiger partial charge on any atom is 0.359 e. The topological polar surface area (TPSA) is 18.5 Å². The summed E-state index contributed by atoms with van der Waals surface area (Å²) >= 11 is 0. The molecule has 0 saturated carbocycles. The predicted molar refractivity (Wildman–Crippen MR) is 110 cm³/mol. The van der Waals surface area contributed by atoms with Crippen LogP contribution in [0.1, 0.15) is 55.4 Å². The van der Waals surface area contributed by atoms with E-state index in [1.807, 2.05) is 0 Å². The molecule has 25 heavy (non-hydrogen) atoms. The van der Waals surface area contributed by atoms with Gasteiger partial charge in [0, 0.05) is 22.3 Å². The van der Waals surface area contributed by atoms with Crippen molar-refractivity contribution in [1.29, 1.82) is 0 Å². The van der Waals surface area contributed by atoms with Gasteiger partial charge in [-0.25, -0.2) is 0 Å². The summed E-state index contributed by atoms with van der Waals surface area (Å²) in [7, 11) is -2.77. The van der Waals surface area contributed by atoms with Crippen LogP contribution < -0.4 is 0 Å². The van der Waals surface area contributed by atoms with Crippen molar-refractivity contribution in [2.24, 2.45) is 11.8 Å². The minimum absolute atomic E-state index is 0.122. The van der Waals surface area contributed by atoms with Crippen molar-refractivity contribution in [1.82, 2.24) is 0 Å². The third-order valence-electron chi connectivity index (χ3n) is 6.02. The van der Waals surface area contributed by atoms with E-state index in [0.717, 1.165) is 0 Å². The van der Waals surface area contributed by atoms with E-state index in [2.05, 4.69) is 104 Å². The van der Waals surface area contributed by atoms with Crippen LogP contribution in [0.5, 0.6) is 0 Å². The second-order valence-electron chi connectivity index (χ2n) is 8.58. The summed E-state index contributed by atoms with van der Waals surface area (Å²) in [6.45, 7) is 17.8. The molecule has 0 radical (unpaired) electrons. The van der Waals surface area contributed by atoms with Crippen molar-refractivity contribution in [3.63, 3.8) is 0 Å². The molecule has 0 amide bonds. The lowest BCUT2D eigenvalue weighted by Crippen LogP contribution is -2.65. The standard InChI is InChI=1S/C22H36O2Si/c1-17(2)23-25(24-18(3)4,21(7)15-11-9-13-19(21)5)22(8)16-12-10-14-20(22)6/h9-20H,1-8H3. The summed E-state index contributed by atoms with van der Waals surface area (Å²) in [6.07, 6.45) is 18.2. The van der Waals surface area contributed by atoms with Gasteiger partial charge in [0.1, 0.15) is 0 Å². The van der Waals surface area contributed by atoms with E-state index < -0.39 is 8.56 Å². The van der Waals surface area contributed by atoms with Crippen molar-refractivity contribution >= 4 is 8.56 Å². The summed E-state index contributed by atoms with van der Waals surface area (Å²) in [5, 5.41) is -0.288. The molecule has 0 aromatic carbocycles. The molecule has 140 valence electrons. The number of hydrogen-bond acceptors (Lipinski definition) is 2. The Labute approximate surface area is 155 Å². The quantitative estimate of drug-likeness (QED) is 0.516. The molecular formula is C22H36O2Si. The number of rotatable bonds is 6. The van der Waals surface area contributed by atoms with Gasteiger partial charge < -0.3 is 8.85 Å². The van der Waals surface area contributed by atoms with Crippen molar-refractivity contribution < 1.29 is 8.85 Å². The zero-order valence-corrected chi connectivity index (χ0v) is 18.2. The molecule has 0 heterocycles. The van der Waals surface area contributed by atoms with Crippen LogP contribution in [0.25, 0.3) is 0 Å². The largest absolute Gasteiger partial charge is 0.391 e. The normalized spacial score (nSPS) is 35.1. The highest BCUT2D eigenvalue weighted by Gasteiger charge is 2.67. The molecule has 0 N–H and O–H groups in total. The fourth-order valence-electron chi connectivity index (χ4n) is 4.27. The van der Waals surface area contributed by atoms with Gasteiger partial charge in [-0.1, -0.05) is 76.3 Å². The van der Waals surface area contributed by atoms with E-state index >= 15 is 0 Å². The Morgan fingerprint density at radius 1 is 0.720 bits per heavy atom. The van der Waals surface area contributed by atoms with E-state index in [-0.39, 0.29) is 22.3 Å². The Morgan fingerprint density at radius 3 is 1.36 bits per heavy atom. The zero-order chi connectivity index (χ0) is 18.9. The highest BCUT2D eigenvalue weighted by Crippen LogP contribution is 2.63. The van der Waals surface area contributed by atoms with Crippen LogP contribution in [0.15, 0.2) is 48.6 Å². The van der Waals surface area contributed by atoms with Gasteiger partial charge in [-0.2, -0.15) is 0 Å². The van der Waals surface area contributed by atoms with Crippen molar-refractivity contribution in [2.45, 2.75) is 77.7 Å². The van der Waals surface area contributed by atoms with Gasteiger partial charge in [-0.15, -0.1) is 0 Å². The van der Waals surface area contributed by atoms with Crippen LogP contribution in [0.2, 0.25) is 10.1 Å².